The Bertz CT molecular complexity index is 501. The van der Waals surface area contributed by atoms with Crippen LogP contribution in [-0.2, 0) is 11.2 Å². The van der Waals surface area contributed by atoms with Crippen LogP contribution >= 0.6 is 11.6 Å². The lowest BCUT2D eigenvalue weighted by atomic mass is 10.1. The summed E-state index contributed by atoms with van der Waals surface area (Å²) < 4.78 is 0. The predicted octanol–water partition coefficient (Wildman–Crippen LogP) is 2.27. The number of nitrogens with zero attached hydrogens (tertiary/aromatic N) is 2. The van der Waals surface area contributed by atoms with Crippen LogP contribution in [0.25, 0.3) is 0 Å². The van der Waals surface area contributed by atoms with E-state index in [2.05, 4.69) is 29.1 Å². The molecule has 0 radical (unpaired) electrons. The molecule has 1 heterocycles. The number of nitrogens with one attached hydrogen (secondary N) is 1. The number of hydrogen-bond donors (Lipinski definition) is 1. The van der Waals surface area contributed by atoms with Crippen LogP contribution < -0.4 is 5.32 Å². The highest BCUT2D eigenvalue weighted by Gasteiger charge is 2.16. The van der Waals surface area contributed by atoms with E-state index in [1.807, 2.05) is 24.3 Å². The van der Waals surface area contributed by atoms with E-state index in [9.17, 15) is 4.79 Å². The molecule has 0 saturated carbocycles. The molecule has 1 amide bonds. The Morgan fingerprint density at radius 3 is 2.74 bits per heavy atom. The maximum absolute atomic E-state index is 12.0. The van der Waals surface area contributed by atoms with Crippen LogP contribution in [0.5, 0.6) is 0 Å². The molecule has 1 atom stereocenters. The first-order chi connectivity index (χ1) is 11.0. The second kappa shape index (κ2) is 9.26. The summed E-state index contributed by atoms with van der Waals surface area (Å²) in [4.78, 5) is 16.8. The van der Waals surface area contributed by atoms with E-state index in [1.165, 1.54) is 0 Å². The first-order valence-corrected chi connectivity index (χ1v) is 8.83. The Morgan fingerprint density at radius 1 is 1.30 bits per heavy atom. The van der Waals surface area contributed by atoms with Gasteiger partial charge in [0.1, 0.15) is 0 Å². The first-order valence-electron chi connectivity index (χ1n) is 8.45. The molecular formula is C18H28ClN3O. The second-order valence-corrected chi connectivity index (χ2v) is 7.08. The normalized spacial score (nSPS) is 17.9. The van der Waals surface area contributed by atoms with Crippen LogP contribution in [-0.4, -0.2) is 62.0 Å². The van der Waals surface area contributed by atoms with Crippen LogP contribution in [0, 0.1) is 5.92 Å². The molecule has 2 rings (SSSR count). The summed E-state index contributed by atoms with van der Waals surface area (Å²) in [6.45, 7) is 8.54. The number of carbonyl (C=O) groups is 1. The van der Waals surface area contributed by atoms with E-state index in [0.29, 0.717) is 12.3 Å². The Hall–Kier alpha value is -1.10. The molecule has 0 aliphatic carbocycles. The summed E-state index contributed by atoms with van der Waals surface area (Å²) in [7, 11) is 2.17. The zero-order chi connectivity index (χ0) is 16.7. The van der Waals surface area contributed by atoms with Gasteiger partial charge in [-0.3, -0.25) is 4.79 Å². The van der Waals surface area contributed by atoms with Crippen LogP contribution in [0.3, 0.4) is 0 Å². The van der Waals surface area contributed by atoms with Gasteiger partial charge in [-0.15, -0.1) is 0 Å². The lowest BCUT2D eigenvalue weighted by Crippen LogP contribution is -2.46. The van der Waals surface area contributed by atoms with Gasteiger partial charge in [-0.1, -0.05) is 30.7 Å². The average molecular weight is 338 g/mol. The zero-order valence-corrected chi connectivity index (χ0v) is 15.0. The summed E-state index contributed by atoms with van der Waals surface area (Å²) in [6, 6.07) is 7.71. The molecule has 1 fully saturated rings. The lowest BCUT2D eigenvalue weighted by molar-refractivity contribution is -0.121. The minimum Gasteiger partial charge on any atom is -0.356 e. The quantitative estimate of drug-likeness (QED) is 0.829. The molecule has 1 aromatic rings. The highest BCUT2D eigenvalue weighted by atomic mass is 35.5. The van der Waals surface area contributed by atoms with Crippen molar-refractivity contribution in [2.75, 3.05) is 46.3 Å². The van der Waals surface area contributed by atoms with Gasteiger partial charge in [0, 0.05) is 50.7 Å². The monoisotopic (exact) mass is 337 g/mol. The molecule has 0 unspecified atom stereocenters. The fraction of sp³-hybridized carbons (Fsp3) is 0.611. The third kappa shape index (κ3) is 6.90. The van der Waals surface area contributed by atoms with Crippen molar-refractivity contribution >= 4 is 17.5 Å². The minimum absolute atomic E-state index is 0.121. The SMILES string of the molecule is C[C@@H](CNC(=O)CCc1cccc(Cl)c1)CN1CCN(C)CC1. The maximum Gasteiger partial charge on any atom is 0.220 e. The van der Waals surface area contributed by atoms with Gasteiger partial charge in [0.2, 0.25) is 5.91 Å². The van der Waals surface area contributed by atoms with Crippen LogP contribution in [0.15, 0.2) is 24.3 Å². The summed E-state index contributed by atoms with van der Waals surface area (Å²) >= 11 is 5.96. The van der Waals surface area contributed by atoms with Crippen molar-refractivity contribution in [3.63, 3.8) is 0 Å². The minimum atomic E-state index is 0.121. The predicted molar refractivity (Wildman–Crippen MR) is 95.9 cm³/mol. The van der Waals surface area contributed by atoms with Crippen molar-refractivity contribution < 1.29 is 4.79 Å². The van der Waals surface area contributed by atoms with Crippen molar-refractivity contribution in [3.05, 3.63) is 34.9 Å². The van der Waals surface area contributed by atoms with Crippen LogP contribution in [0.4, 0.5) is 0 Å². The van der Waals surface area contributed by atoms with Crippen LogP contribution in [0.2, 0.25) is 5.02 Å². The number of aryl methyl sites for hydroxylation is 1. The molecule has 1 aliphatic rings. The molecule has 128 valence electrons. The average Bonchev–Trinajstić information content (AvgIpc) is 2.53. The van der Waals surface area contributed by atoms with Gasteiger partial charge in [-0.2, -0.15) is 0 Å². The molecule has 1 aromatic carbocycles. The van der Waals surface area contributed by atoms with E-state index in [1.54, 1.807) is 0 Å². The van der Waals surface area contributed by atoms with Crippen LogP contribution in [0.1, 0.15) is 18.9 Å². The number of halogens is 1. The summed E-state index contributed by atoms with van der Waals surface area (Å²) in [5.41, 5.74) is 1.11. The smallest absolute Gasteiger partial charge is 0.220 e. The summed E-state index contributed by atoms with van der Waals surface area (Å²) in [5, 5.41) is 3.78. The van der Waals surface area contributed by atoms with Crippen molar-refractivity contribution in [2.45, 2.75) is 19.8 Å². The van der Waals surface area contributed by atoms with Gasteiger partial charge in [0.15, 0.2) is 0 Å². The highest BCUT2D eigenvalue weighted by molar-refractivity contribution is 6.30. The molecule has 23 heavy (non-hydrogen) atoms. The van der Waals surface area contributed by atoms with E-state index < -0.39 is 0 Å². The molecule has 5 heteroatoms. The van der Waals surface area contributed by atoms with E-state index >= 15 is 0 Å². The van der Waals surface area contributed by atoms with E-state index in [4.69, 9.17) is 11.6 Å². The number of piperazine rings is 1. The lowest BCUT2D eigenvalue weighted by Gasteiger charge is -2.33. The topological polar surface area (TPSA) is 35.6 Å². The Morgan fingerprint density at radius 2 is 2.04 bits per heavy atom. The van der Waals surface area contributed by atoms with Gasteiger partial charge < -0.3 is 15.1 Å². The van der Waals surface area contributed by atoms with E-state index in [0.717, 1.165) is 56.3 Å². The van der Waals surface area contributed by atoms with Gasteiger partial charge in [0.25, 0.3) is 0 Å². The molecule has 0 bridgehead atoms. The second-order valence-electron chi connectivity index (χ2n) is 6.64. The highest BCUT2D eigenvalue weighted by Crippen LogP contribution is 2.12. The van der Waals surface area contributed by atoms with Crippen molar-refractivity contribution in [1.82, 2.24) is 15.1 Å². The molecule has 1 N–H and O–H groups in total. The first kappa shape index (κ1) is 18.2. The van der Waals surface area contributed by atoms with Gasteiger partial charge in [0.05, 0.1) is 0 Å². The van der Waals surface area contributed by atoms with E-state index in [-0.39, 0.29) is 5.91 Å². The summed E-state index contributed by atoms with van der Waals surface area (Å²) in [6.07, 6.45) is 1.25. The third-order valence-corrected chi connectivity index (χ3v) is 4.58. The number of carbonyl (C=O) groups excluding carboxylic acids is 1. The summed E-state index contributed by atoms with van der Waals surface area (Å²) in [5.74, 6) is 0.601. The molecular weight excluding hydrogens is 310 g/mol. The number of likely N-dealkylation sites (N-methyl/N-ethyl adjacent to an activating group) is 1. The number of benzene rings is 1. The Balaban J connectivity index is 1.62. The molecule has 4 nitrogen and oxygen atoms in total. The maximum atomic E-state index is 12.0. The fourth-order valence-electron chi connectivity index (χ4n) is 2.86. The molecule has 0 aromatic heterocycles. The molecule has 0 spiro atoms. The third-order valence-electron chi connectivity index (χ3n) is 4.34. The number of rotatable bonds is 7. The molecule has 1 aliphatic heterocycles. The number of hydrogen-bond acceptors (Lipinski definition) is 3. The van der Waals surface area contributed by atoms with Crippen molar-refractivity contribution in [1.29, 1.82) is 0 Å². The standard InChI is InChI=1S/C18H28ClN3O/c1-15(14-22-10-8-21(2)9-11-22)13-20-18(23)7-6-16-4-3-5-17(19)12-16/h3-5,12,15H,6-11,13-14H2,1-2H3,(H,20,23)/t15-/m0/s1. The van der Waals surface area contributed by atoms with Gasteiger partial charge in [-0.05, 0) is 37.1 Å². The number of amides is 1. The van der Waals surface area contributed by atoms with Crippen molar-refractivity contribution in [3.8, 4) is 0 Å². The zero-order valence-electron chi connectivity index (χ0n) is 14.2. The Kier molecular flexibility index (Phi) is 7.34. The van der Waals surface area contributed by atoms with Gasteiger partial charge in [-0.25, -0.2) is 0 Å². The van der Waals surface area contributed by atoms with Crippen molar-refractivity contribution in [2.24, 2.45) is 5.92 Å². The fourth-order valence-corrected chi connectivity index (χ4v) is 3.08. The molecule has 1 saturated heterocycles. The Labute approximate surface area is 144 Å². The largest absolute Gasteiger partial charge is 0.356 e. The van der Waals surface area contributed by atoms with Gasteiger partial charge >= 0.3 is 0 Å².